The van der Waals surface area contributed by atoms with Gasteiger partial charge in [-0.05, 0) is 25.0 Å². The second-order valence-corrected chi connectivity index (χ2v) is 6.09. The Kier molecular flexibility index (Phi) is 4.09. The van der Waals surface area contributed by atoms with Gasteiger partial charge in [0.05, 0.1) is 12.2 Å². The summed E-state index contributed by atoms with van der Waals surface area (Å²) in [4.78, 5) is 0. The van der Waals surface area contributed by atoms with Crippen LogP contribution in [0.1, 0.15) is 25.0 Å². The van der Waals surface area contributed by atoms with E-state index in [1.54, 1.807) is 0 Å². The van der Waals surface area contributed by atoms with Crippen LogP contribution in [0.5, 0.6) is 0 Å². The van der Waals surface area contributed by atoms with Gasteiger partial charge in [-0.3, -0.25) is 0 Å². The molecule has 1 fully saturated rings. The fraction of sp³-hybridized carbons (Fsp3) is 0.368. The van der Waals surface area contributed by atoms with Gasteiger partial charge in [0.15, 0.2) is 5.79 Å². The van der Waals surface area contributed by atoms with Gasteiger partial charge in [0.25, 0.3) is 0 Å². The van der Waals surface area contributed by atoms with Gasteiger partial charge in [-0.25, -0.2) is 0 Å². The lowest BCUT2D eigenvalue weighted by Gasteiger charge is -2.17. The van der Waals surface area contributed by atoms with Crippen LogP contribution in [0.15, 0.2) is 60.7 Å². The molecule has 2 heteroatoms. The SMILES string of the molecule is CC1(C)O[C@@H](Cc2ccccc2)[C@H](Cc2ccccc2)O1. The van der Waals surface area contributed by atoms with E-state index in [0.717, 1.165) is 12.8 Å². The topological polar surface area (TPSA) is 18.5 Å². The van der Waals surface area contributed by atoms with Crippen LogP contribution in [-0.4, -0.2) is 18.0 Å². The molecular formula is C19H22O2. The fourth-order valence-electron chi connectivity index (χ4n) is 2.95. The molecule has 1 aliphatic heterocycles. The largest absolute Gasteiger partial charge is 0.344 e. The predicted molar refractivity (Wildman–Crippen MR) is 84.1 cm³/mol. The Morgan fingerprint density at radius 3 is 1.48 bits per heavy atom. The third-order valence-corrected chi connectivity index (χ3v) is 3.84. The minimum Gasteiger partial charge on any atom is -0.344 e. The molecule has 0 bridgehead atoms. The molecule has 3 rings (SSSR count). The first-order valence-corrected chi connectivity index (χ1v) is 7.56. The van der Waals surface area contributed by atoms with E-state index in [9.17, 15) is 0 Å². The van der Waals surface area contributed by atoms with Crippen LogP contribution in [-0.2, 0) is 22.3 Å². The van der Waals surface area contributed by atoms with E-state index in [0.29, 0.717) is 0 Å². The van der Waals surface area contributed by atoms with E-state index >= 15 is 0 Å². The highest BCUT2D eigenvalue weighted by Gasteiger charge is 2.40. The third kappa shape index (κ3) is 3.72. The lowest BCUT2D eigenvalue weighted by Crippen LogP contribution is -2.27. The summed E-state index contributed by atoms with van der Waals surface area (Å²) in [5.41, 5.74) is 2.59. The molecule has 2 atom stereocenters. The van der Waals surface area contributed by atoms with Crippen molar-refractivity contribution in [2.45, 2.75) is 44.7 Å². The molecule has 1 aliphatic rings. The van der Waals surface area contributed by atoms with Gasteiger partial charge in [0, 0.05) is 12.8 Å². The third-order valence-electron chi connectivity index (χ3n) is 3.84. The zero-order valence-electron chi connectivity index (χ0n) is 12.7. The van der Waals surface area contributed by atoms with Crippen LogP contribution in [0.4, 0.5) is 0 Å². The summed E-state index contributed by atoms with van der Waals surface area (Å²) in [6, 6.07) is 21.0. The van der Waals surface area contributed by atoms with Crippen LogP contribution in [0.2, 0.25) is 0 Å². The average Bonchev–Trinajstić information content (AvgIpc) is 2.75. The zero-order chi connectivity index (χ0) is 14.7. The lowest BCUT2D eigenvalue weighted by molar-refractivity contribution is -0.146. The highest BCUT2D eigenvalue weighted by atomic mass is 16.7. The Morgan fingerprint density at radius 2 is 1.10 bits per heavy atom. The maximum atomic E-state index is 6.12. The molecule has 1 heterocycles. The van der Waals surface area contributed by atoms with Gasteiger partial charge in [0.1, 0.15) is 0 Å². The molecule has 0 aromatic heterocycles. The highest BCUT2D eigenvalue weighted by molar-refractivity contribution is 5.19. The van der Waals surface area contributed by atoms with Gasteiger partial charge >= 0.3 is 0 Å². The van der Waals surface area contributed by atoms with Crippen molar-refractivity contribution in [2.24, 2.45) is 0 Å². The van der Waals surface area contributed by atoms with Crippen molar-refractivity contribution in [3.05, 3.63) is 71.8 Å². The van der Waals surface area contributed by atoms with Crippen molar-refractivity contribution in [1.29, 1.82) is 0 Å². The van der Waals surface area contributed by atoms with Crippen molar-refractivity contribution in [1.82, 2.24) is 0 Å². The Morgan fingerprint density at radius 1 is 0.714 bits per heavy atom. The van der Waals surface area contributed by atoms with E-state index in [-0.39, 0.29) is 12.2 Å². The first-order chi connectivity index (χ1) is 10.1. The summed E-state index contributed by atoms with van der Waals surface area (Å²) >= 11 is 0. The summed E-state index contributed by atoms with van der Waals surface area (Å²) < 4.78 is 12.2. The van der Waals surface area contributed by atoms with E-state index in [1.165, 1.54) is 11.1 Å². The van der Waals surface area contributed by atoms with Crippen LogP contribution >= 0.6 is 0 Å². The standard InChI is InChI=1S/C19H22O2/c1-19(2)20-17(13-15-9-5-3-6-10-15)18(21-19)14-16-11-7-4-8-12-16/h3-12,17-18H,13-14H2,1-2H3/t17-,18-/m0/s1. The monoisotopic (exact) mass is 282 g/mol. The van der Waals surface area contributed by atoms with E-state index in [2.05, 4.69) is 48.5 Å². The summed E-state index contributed by atoms with van der Waals surface area (Å²) in [6.45, 7) is 3.99. The molecule has 2 nitrogen and oxygen atoms in total. The average molecular weight is 282 g/mol. The maximum absolute atomic E-state index is 6.12. The van der Waals surface area contributed by atoms with Crippen LogP contribution in [0.25, 0.3) is 0 Å². The molecular weight excluding hydrogens is 260 g/mol. The summed E-state index contributed by atoms with van der Waals surface area (Å²) in [7, 11) is 0. The fourth-order valence-corrected chi connectivity index (χ4v) is 2.95. The first kappa shape index (κ1) is 14.3. The molecule has 2 aromatic carbocycles. The smallest absolute Gasteiger partial charge is 0.163 e. The zero-order valence-corrected chi connectivity index (χ0v) is 12.7. The number of ether oxygens (including phenoxy) is 2. The molecule has 0 radical (unpaired) electrons. The molecule has 0 aliphatic carbocycles. The van der Waals surface area contributed by atoms with Gasteiger partial charge in [-0.2, -0.15) is 0 Å². The molecule has 110 valence electrons. The lowest BCUT2D eigenvalue weighted by atomic mass is 9.99. The summed E-state index contributed by atoms with van der Waals surface area (Å²) in [5, 5.41) is 0. The van der Waals surface area contributed by atoms with Gasteiger partial charge in [0.2, 0.25) is 0 Å². The molecule has 0 spiro atoms. The summed E-state index contributed by atoms with van der Waals surface area (Å²) in [5.74, 6) is -0.501. The van der Waals surface area contributed by atoms with E-state index in [1.807, 2.05) is 26.0 Å². The van der Waals surface area contributed by atoms with Crippen LogP contribution < -0.4 is 0 Å². The Hall–Kier alpha value is -1.64. The minimum absolute atomic E-state index is 0.0996. The molecule has 0 amide bonds. The quantitative estimate of drug-likeness (QED) is 0.844. The normalized spacial score (nSPS) is 24.1. The predicted octanol–water partition coefficient (Wildman–Crippen LogP) is 3.99. The maximum Gasteiger partial charge on any atom is 0.163 e. The van der Waals surface area contributed by atoms with Crippen molar-refractivity contribution in [3.63, 3.8) is 0 Å². The number of rotatable bonds is 4. The highest BCUT2D eigenvalue weighted by Crippen LogP contribution is 2.32. The summed E-state index contributed by atoms with van der Waals surface area (Å²) in [6.07, 6.45) is 1.98. The van der Waals surface area contributed by atoms with Crippen molar-refractivity contribution < 1.29 is 9.47 Å². The molecule has 1 saturated heterocycles. The molecule has 0 saturated carbocycles. The Balaban J connectivity index is 1.73. The molecule has 21 heavy (non-hydrogen) atoms. The van der Waals surface area contributed by atoms with Crippen molar-refractivity contribution in [2.75, 3.05) is 0 Å². The minimum atomic E-state index is -0.501. The Labute approximate surface area is 126 Å². The Bertz CT molecular complexity index is 511. The van der Waals surface area contributed by atoms with Gasteiger partial charge in [-0.1, -0.05) is 60.7 Å². The van der Waals surface area contributed by atoms with Crippen molar-refractivity contribution in [3.8, 4) is 0 Å². The molecule has 0 unspecified atom stereocenters. The van der Waals surface area contributed by atoms with E-state index in [4.69, 9.17) is 9.47 Å². The van der Waals surface area contributed by atoms with Gasteiger partial charge in [-0.15, -0.1) is 0 Å². The van der Waals surface area contributed by atoms with Crippen LogP contribution in [0, 0.1) is 0 Å². The van der Waals surface area contributed by atoms with Crippen molar-refractivity contribution >= 4 is 0 Å². The second-order valence-electron chi connectivity index (χ2n) is 6.09. The number of benzene rings is 2. The van der Waals surface area contributed by atoms with Crippen LogP contribution in [0.3, 0.4) is 0 Å². The molecule has 0 N–H and O–H groups in total. The first-order valence-electron chi connectivity index (χ1n) is 7.56. The second kappa shape index (κ2) is 6.00. The number of hydrogen-bond acceptors (Lipinski definition) is 2. The van der Waals surface area contributed by atoms with Gasteiger partial charge < -0.3 is 9.47 Å². The number of hydrogen-bond donors (Lipinski definition) is 0. The van der Waals surface area contributed by atoms with E-state index < -0.39 is 5.79 Å². The molecule has 2 aromatic rings.